The van der Waals surface area contributed by atoms with Crippen LogP contribution in [0, 0.1) is 5.92 Å². The Bertz CT molecular complexity index is 1220. The number of benzene rings is 2. The summed E-state index contributed by atoms with van der Waals surface area (Å²) in [5.41, 5.74) is 0.680. The Kier molecular flexibility index (Phi) is 7.48. The summed E-state index contributed by atoms with van der Waals surface area (Å²) in [6, 6.07) is 9.79. The Hall–Kier alpha value is -2.85. The number of thiophene rings is 1. The highest BCUT2D eigenvalue weighted by Crippen LogP contribution is 2.33. The quantitative estimate of drug-likeness (QED) is 0.374. The van der Waals surface area contributed by atoms with Crippen LogP contribution in [-0.4, -0.2) is 20.2 Å². The molecule has 0 unspecified atom stereocenters. The molecule has 0 atom stereocenters. The van der Waals surface area contributed by atoms with Gasteiger partial charge >= 0.3 is 12.2 Å². The number of carbonyl (C=O) groups excluding carboxylic acids is 1. The van der Waals surface area contributed by atoms with Crippen LogP contribution >= 0.6 is 11.3 Å². The van der Waals surface area contributed by atoms with E-state index in [1.165, 1.54) is 35.6 Å². The SMILES string of the molecule is CC(C)CCS(=O)(=O)c1ccc(-c2ccsc2)c(NC(=O)Nc2cccc(C(F)(F)F)c2)c1. The molecule has 3 rings (SSSR count). The summed E-state index contributed by atoms with van der Waals surface area (Å²) in [6.07, 6.45) is -4.05. The number of alkyl halides is 3. The lowest BCUT2D eigenvalue weighted by molar-refractivity contribution is -0.137. The predicted molar refractivity (Wildman–Crippen MR) is 125 cm³/mol. The molecule has 3 aromatic rings. The molecule has 0 aliphatic heterocycles. The van der Waals surface area contributed by atoms with E-state index in [0.717, 1.165) is 17.7 Å². The lowest BCUT2D eigenvalue weighted by atomic mass is 10.1. The summed E-state index contributed by atoms with van der Waals surface area (Å²) < 4.78 is 64.4. The largest absolute Gasteiger partial charge is 0.416 e. The van der Waals surface area contributed by atoms with Gasteiger partial charge in [-0.3, -0.25) is 0 Å². The van der Waals surface area contributed by atoms with Crippen LogP contribution in [-0.2, 0) is 16.0 Å². The molecule has 0 saturated heterocycles. The summed E-state index contributed by atoms with van der Waals surface area (Å²) in [5, 5.41) is 8.66. The van der Waals surface area contributed by atoms with Gasteiger partial charge in [0.15, 0.2) is 9.84 Å². The molecule has 2 amide bonds. The van der Waals surface area contributed by atoms with Crippen LogP contribution in [0.3, 0.4) is 0 Å². The van der Waals surface area contributed by atoms with Crippen molar-refractivity contribution in [3.8, 4) is 11.1 Å². The van der Waals surface area contributed by atoms with Gasteiger partial charge in [-0.05, 0) is 65.1 Å². The lowest BCUT2D eigenvalue weighted by Crippen LogP contribution is -2.20. The second kappa shape index (κ2) is 9.96. The minimum Gasteiger partial charge on any atom is -0.308 e. The fourth-order valence-corrected chi connectivity index (χ4v) is 5.30. The van der Waals surface area contributed by atoms with E-state index in [0.29, 0.717) is 12.0 Å². The second-order valence-electron chi connectivity index (χ2n) is 7.88. The molecule has 1 aromatic heterocycles. The number of hydrogen-bond donors (Lipinski definition) is 2. The highest BCUT2D eigenvalue weighted by atomic mass is 32.2. The Balaban J connectivity index is 1.89. The molecule has 1 heterocycles. The fourth-order valence-electron chi connectivity index (χ4n) is 3.06. The number of halogens is 3. The first-order valence-electron chi connectivity index (χ1n) is 10.1. The average molecular weight is 497 g/mol. The van der Waals surface area contributed by atoms with Crippen molar-refractivity contribution in [1.29, 1.82) is 0 Å². The first kappa shape index (κ1) is 24.8. The van der Waals surface area contributed by atoms with Crippen LogP contribution in [0.2, 0.25) is 0 Å². The van der Waals surface area contributed by atoms with Crippen molar-refractivity contribution >= 4 is 38.6 Å². The number of carbonyl (C=O) groups is 1. The molecule has 0 spiro atoms. The summed E-state index contributed by atoms with van der Waals surface area (Å²) in [7, 11) is -3.57. The average Bonchev–Trinajstić information content (AvgIpc) is 3.26. The number of amides is 2. The van der Waals surface area contributed by atoms with E-state index in [9.17, 15) is 26.4 Å². The van der Waals surface area contributed by atoms with Crippen LogP contribution in [0.5, 0.6) is 0 Å². The van der Waals surface area contributed by atoms with Gasteiger partial charge in [0.05, 0.1) is 21.9 Å². The molecule has 176 valence electrons. The molecule has 2 aromatic carbocycles. The number of urea groups is 1. The predicted octanol–water partition coefficient (Wildman–Crippen LogP) is 6.90. The molecular formula is C23H23F3N2O3S2. The van der Waals surface area contributed by atoms with Crippen molar-refractivity contribution in [2.45, 2.75) is 31.3 Å². The molecule has 0 aliphatic rings. The molecule has 10 heteroatoms. The Morgan fingerprint density at radius 2 is 1.82 bits per heavy atom. The number of anilines is 2. The standard InChI is InChI=1S/C23H23F3N2O3S2/c1-15(2)9-11-33(30,31)19-6-7-20(16-8-10-32-14-16)21(13-19)28-22(29)27-18-5-3-4-17(12-18)23(24,25)26/h3-8,10,12-15H,9,11H2,1-2H3,(H2,27,28,29). The molecule has 0 aliphatic carbocycles. The summed E-state index contributed by atoms with van der Waals surface area (Å²) in [5.74, 6) is 0.180. The highest BCUT2D eigenvalue weighted by Gasteiger charge is 2.30. The van der Waals surface area contributed by atoms with Crippen molar-refractivity contribution in [2.75, 3.05) is 16.4 Å². The van der Waals surface area contributed by atoms with Gasteiger partial charge in [0.1, 0.15) is 0 Å². The van der Waals surface area contributed by atoms with Gasteiger partial charge < -0.3 is 10.6 Å². The van der Waals surface area contributed by atoms with E-state index in [2.05, 4.69) is 10.6 Å². The van der Waals surface area contributed by atoms with E-state index < -0.39 is 27.6 Å². The first-order chi connectivity index (χ1) is 15.5. The Labute approximate surface area is 194 Å². The van der Waals surface area contributed by atoms with E-state index in [1.54, 1.807) is 6.07 Å². The fraction of sp³-hybridized carbons (Fsp3) is 0.261. The van der Waals surface area contributed by atoms with Crippen molar-refractivity contribution in [3.63, 3.8) is 0 Å². The number of rotatable bonds is 7. The number of hydrogen-bond acceptors (Lipinski definition) is 4. The normalized spacial score (nSPS) is 12.1. The maximum atomic E-state index is 12.9. The van der Waals surface area contributed by atoms with E-state index >= 15 is 0 Å². The molecular weight excluding hydrogens is 473 g/mol. The monoisotopic (exact) mass is 496 g/mol. The minimum atomic E-state index is -4.54. The van der Waals surface area contributed by atoms with Gasteiger partial charge in [0, 0.05) is 11.3 Å². The maximum absolute atomic E-state index is 12.9. The third-order valence-corrected chi connectivity index (χ3v) is 7.27. The number of sulfone groups is 1. The number of nitrogens with one attached hydrogen (secondary N) is 2. The zero-order valence-electron chi connectivity index (χ0n) is 17.9. The zero-order valence-corrected chi connectivity index (χ0v) is 19.6. The maximum Gasteiger partial charge on any atom is 0.416 e. The smallest absolute Gasteiger partial charge is 0.308 e. The summed E-state index contributed by atoms with van der Waals surface area (Å²) in [6.45, 7) is 3.86. The topological polar surface area (TPSA) is 75.3 Å². The third kappa shape index (κ3) is 6.58. The summed E-state index contributed by atoms with van der Waals surface area (Å²) >= 11 is 1.44. The Morgan fingerprint density at radius 3 is 2.45 bits per heavy atom. The van der Waals surface area contributed by atoms with Gasteiger partial charge in [-0.15, -0.1) is 0 Å². The Morgan fingerprint density at radius 1 is 1.06 bits per heavy atom. The molecule has 0 radical (unpaired) electrons. The van der Waals surface area contributed by atoms with Crippen LogP contribution in [0.1, 0.15) is 25.8 Å². The van der Waals surface area contributed by atoms with Crippen molar-refractivity contribution in [2.24, 2.45) is 5.92 Å². The highest BCUT2D eigenvalue weighted by molar-refractivity contribution is 7.91. The second-order valence-corrected chi connectivity index (χ2v) is 10.8. The third-order valence-electron chi connectivity index (χ3n) is 4.84. The molecule has 0 bridgehead atoms. The van der Waals surface area contributed by atoms with Crippen LogP contribution < -0.4 is 10.6 Å². The summed E-state index contributed by atoms with van der Waals surface area (Å²) in [4.78, 5) is 12.7. The van der Waals surface area contributed by atoms with E-state index in [1.807, 2.05) is 30.7 Å². The molecule has 2 N–H and O–H groups in total. The van der Waals surface area contributed by atoms with Crippen LogP contribution in [0.15, 0.2) is 64.2 Å². The van der Waals surface area contributed by atoms with Crippen LogP contribution in [0.4, 0.5) is 29.3 Å². The van der Waals surface area contributed by atoms with Gasteiger partial charge in [0.25, 0.3) is 0 Å². The zero-order chi connectivity index (χ0) is 24.2. The van der Waals surface area contributed by atoms with Gasteiger partial charge in [-0.1, -0.05) is 26.0 Å². The molecule has 33 heavy (non-hydrogen) atoms. The van der Waals surface area contributed by atoms with E-state index in [-0.39, 0.29) is 27.9 Å². The van der Waals surface area contributed by atoms with Crippen molar-refractivity contribution < 1.29 is 26.4 Å². The van der Waals surface area contributed by atoms with E-state index in [4.69, 9.17) is 0 Å². The van der Waals surface area contributed by atoms with Crippen molar-refractivity contribution in [3.05, 3.63) is 64.9 Å². The minimum absolute atomic E-state index is 0.0294. The molecule has 0 fully saturated rings. The molecule has 0 saturated carbocycles. The van der Waals surface area contributed by atoms with Gasteiger partial charge in [0.2, 0.25) is 0 Å². The van der Waals surface area contributed by atoms with Gasteiger partial charge in [-0.25, -0.2) is 13.2 Å². The van der Waals surface area contributed by atoms with Crippen molar-refractivity contribution in [1.82, 2.24) is 0 Å². The lowest BCUT2D eigenvalue weighted by Gasteiger charge is -2.15. The molecule has 5 nitrogen and oxygen atoms in total. The first-order valence-corrected chi connectivity index (χ1v) is 12.7. The van der Waals surface area contributed by atoms with Crippen LogP contribution in [0.25, 0.3) is 11.1 Å². The van der Waals surface area contributed by atoms with Gasteiger partial charge in [-0.2, -0.15) is 24.5 Å².